The molecule has 0 aliphatic heterocycles. The molecule has 0 fully saturated rings. The van der Waals surface area contributed by atoms with Crippen LogP contribution in [0.2, 0.25) is 0 Å². The van der Waals surface area contributed by atoms with Gasteiger partial charge in [-0.3, -0.25) is 4.72 Å². The van der Waals surface area contributed by atoms with Crippen LogP contribution in [0.3, 0.4) is 0 Å². The molecule has 166 valence electrons. The zero-order valence-electron chi connectivity index (χ0n) is 16.6. The van der Waals surface area contributed by atoms with E-state index < -0.39 is 21.8 Å². The number of nitrogens with zero attached hydrogens (tertiary/aromatic N) is 3. The summed E-state index contributed by atoms with van der Waals surface area (Å²) in [4.78, 5) is 12.6. The Labute approximate surface area is 185 Å². The van der Waals surface area contributed by atoms with Crippen molar-refractivity contribution in [2.45, 2.75) is 18.0 Å². The Morgan fingerprint density at radius 2 is 1.88 bits per heavy atom. The number of benzene rings is 2. The fraction of sp³-hybridized carbons (Fsp3) is 0.150. The molecule has 0 bridgehead atoms. The molecule has 4 rings (SSSR count). The van der Waals surface area contributed by atoms with Crippen molar-refractivity contribution in [2.75, 3.05) is 11.8 Å². The minimum atomic E-state index is -4.52. The average molecular weight is 480 g/mol. The van der Waals surface area contributed by atoms with Crippen LogP contribution in [-0.4, -0.2) is 30.5 Å². The second-order valence-electron chi connectivity index (χ2n) is 6.65. The van der Waals surface area contributed by atoms with E-state index in [0.29, 0.717) is 28.0 Å². The van der Waals surface area contributed by atoms with E-state index in [1.54, 1.807) is 12.3 Å². The molecule has 0 unspecified atom stereocenters. The molecular formula is C20H15F3N4O3S2. The van der Waals surface area contributed by atoms with Crippen LogP contribution in [0, 0.1) is 6.92 Å². The molecule has 0 aliphatic rings. The lowest BCUT2D eigenvalue weighted by Gasteiger charge is -2.14. The van der Waals surface area contributed by atoms with Crippen molar-refractivity contribution in [1.82, 2.24) is 15.0 Å². The highest BCUT2D eigenvalue weighted by molar-refractivity contribution is 7.93. The molecule has 0 aliphatic carbocycles. The molecule has 4 aromatic rings. The number of aromatic nitrogens is 3. The van der Waals surface area contributed by atoms with Gasteiger partial charge >= 0.3 is 6.18 Å². The number of methoxy groups -OCH3 is 1. The number of fused-ring (bicyclic) bond motifs is 1. The van der Waals surface area contributed by atoms with Crippen LogP contribution in [0.1, 0.15) is 11.4 Å². The number of hydrogen-bond donors (Lipinski definition) is 1. The first kappa shape index (κ1) is 22.0. The zero-order valence-corrected chi connectivity index (χ0v) is 18.3. The molecular weight excluding hydrogens is 465 g/mol. The van der Waals surface area contributed by atoms with Crippen LogP contribution in [0.5, 0.6) is 5.75 Å². The summed E-state index contributed by atoms with van der Waals surface area (Å²) >= 11 is 1.14. The first-order chi connectivity index (χ1) is 15.1. The smallest absolute Gasteiger partial charge is 0.416 e. The van der Waals surface area contributed by atoms with E-state index in [1.807, 2.05) is 0 Å². The monoisotopic (exact) mass is 480 g/mol. The summed E-state index contributed by atoms with van der Waals surface area (Å²) in [6.07, 6.45) is -3.05. The maximum absolute atomic E-state index is 13.1. The summed E-state index contributed by atoms with van der Waals surface area (Å²) in [5.41, 5.74) is 0.119. The largest absolute Gasteiger partial charge is 0.496 e. The van der Waals surface area contributed by atoms with E-state index in [0.717, 1.165) is 23.5 Å². The molecule has 7 nitrogen and oxygen atoms in total. The van der Waals surface area contributed by atoms with Gasteiger partial charge in [-0.1, -0.05) is 0 Å². The SMILES string of the molecule is COc1cc(C(F)(F)F)ccc1-c1nc(C)nc2cc(S(=O)(=O)Nc3nccs3)ccc12. The summed E-state index contributed by atoms with van der Waals surface area (Å²) in [7, 11) is -2.64. The zero-order chi connectivity index (χ0) is 23.1. The predicted octanol–water partition coefficient (Wildman–Crippen LogP) is 4.89. The van der Waals surface area contributed by atoms with Crippen LogP contribution in [0.4, 0.5) is 18.3 Å². The molecule has 0 saturated carbocycles. The summed E-state index contributed by atoms with van der Waals surface area (Å²) < 4.78 is 72.3. The second-order valence-corrected chi connectivity index (χ2v) is 9.23. The summed E-state index contributed by atoms with van der Waals surface area (Å²) in [6, 6.07) is 7.37. The van der Waals surface area contributed by atoms with E-state index in [4.69, 9.17) is 4.74 Å². The van der Waals surface area contributed by atoms with Gasteiger partial charge in [-0.05, 0) is 43.3 Å². The quantitative estimate of drug-likeness (QED) is 0.437. The van der Waals surface area contributed by atoms with E-state index in [1.165, 1.54) is 37.6 Å². The van der Waals surface area contributed by atoms with Crippen LogP contribution in [0.25, 0.3) is 22.2 Å². The van der Waals surface area contributed by atoms with Crippen molar-refractivity contribution in [3.8, 4) is 17.0 Å². The summed E-state index contributed by atoms with van der Waals surface area (Å²) in [5, 5.41) is 2.32. The lowest BCUT2D eigenvalue weighted by atomic mass is 10.0. The molecule has 32 heavy (non-hydrogen) atoms. The van der Waals surface area contributed by atoms with Gasteiger partial charge < -0.3 is 4.74 Å². The molecule has 2 heterocycles. The molecule has 0 radical (unpaired) electrons. The Balaban J connectivity index is 1.84. The number of alkyl halides is 3. The average Bonchev–Trinajstić information content (AvgIpc) is 3.23. The van der Waals surface area contributed by atoms with Crippen molar-refractivity contribution in [2.24, 2.45) is 0 Å². The number of aryl methyl sites for hydroxylation is 1. The van der Waals surface area contributed by atoms with E-state index in [-0.39, 0.29) is 15.8 Å². The molecule has 2 aromatic heterocycles. The van der Waals surface area contributed by atoms with Crippen molar-refractivity contribution in [3.63, 3.8) is 0 Å². The Kier molecular flexibility index (Phi) is 5.51. The molecule has 0 spiro atoms. The van der Waals surface area contributed by atoms with Gasteiger partial charge in [0.2, 0.25) is 0 Å². The van der Waals surface area contributed by atoms with E-state index in [9.17, 15) is 21.6 Å². The lowest BCUT2D eigenvalue weighted by Crippen LogP contribution is -2.12. The minimum absolute atomic E-state index is 0.0126. The topological polar surface area (TPSA) is 94.1 Å². The highest BCUT2D eigenvalue weighted by Crippen LogP contribution is 2.38. The number of ether oxygens (including phenoxy) is 1. The van der Waals surface area contributed by atoms with Crippen LogP contribution in [-0.2, 0) is 16.2 Å². The van der Waals surface area contributed by atoms with Crippen LogP contribution >= 0.6 is 11.3 Å². The Bertz CT molecular complexity index is 1410. The fourth-order valence-corrected chi connectivity index (χ4v) is 4.92. The van der Waals surface area contributed by atoms with Gasteiger partial charge in [-0.15, -0.1) is 11.3 Å². The van der Waals surface area contributed by atoms with Crippen LogP contribution in [0.15, 0.2) is 52.9 Å². The third kappa shape index (κ3) is 4.23. The summed E-state index contributed by atoms with van der Waals surface area (Å²) in [6.45, 7) is 1.61. The lowest BCUT2D eigenvalue weighted by molar-refractivity contribution is -0.137. The third-order valence-electron chi connectivity index (χ3n) is 4.53. The number of halogens is 3. The van der Waals surface area contributed by atoms with Gasteiger partial charge in [0, 0.05) is 22.5 Å². The highest BCUT2D eigenvalue weighted by atomic mass is 32.2. The van der Waals surface area contributed by atoms with Crippen molar-refractivity contribution in [3.05, 3.63) is 59.4 Å². The molecule has 0 amide bonds. The Hall–Kier alpha value is -3.25. The van der Waals surface area contributed by atoms with Gasteiger partial charge in [-0.25, -0.2) is 23.4 Å². The number of anilines is 1. The van der Waals surface area contributed by atoms with E-state index >= 15 is 0 Å². The van der Waals surface area contributed by atoms with Gasteiger partial charge in [0.25, 0.3) is 10.0 Å². The third-order valence-corrected chi connectivity index (χ3v) is 6.68. The maximum Gasteiger partial charge on any atom is 0.416 e. The van der Waals surface area contributed by atoms with Gasteiger partial charge in [-0.2, -0.15) is 13.2 Å². The van der Waals surface area contributed by atoms with Gasteiger partial charge in [0.1, 0.15) is 11.6 Å². The van der Waals surface area contributed by atoms with Gasteiger partial charge in [0.05, 0.1) is 28.8 Å². The number of sulfonamides is 1. The predicted molar refractivity (Wildman–Crippen MR) is 114 cm³/mol. The fourth-order valence-electron chi connectivity index (χ4n) is 3.11. The molecule has 1 N–H and O–H groups in total. The first-order valence-electron chi connectivity index (χ1n) is 9.05. The maximum atomic E-state index is 13.1. The van der Waals surface area contributed by atoms with Crippen molar-refractivity contribution < 1.29 is 26.3 Å². The first-order valence-corrected chi connectivity index (χ1v) is 11.4. The normalized spacial score (nSPS) is 12.2. The number of nitrogens with one attached hydrogen (secondary N) is 1. The Morgan fingerprint density at radius 3 is 2.53 bits per heavy atom. The minimum Gasteiger partial charge on any atom is -0.496 e. The molecule has 12 heteroatoms. The number of rotatable bonds is 5. The molecule has 0 saturated heterocycles. The highest BCUT2D eigenvalue weighted by Gasteiger charge is 2.31. The Morgan fingerprint density at radius 1 is 1.09 bits per heavy atom. The molecule has 0 atom stereocenters. The van der Waals surface area contributed by atoms with Crippen molar-refractivity contribution in [1.29, 1.82) is 0 Å². The second kappa shape index (κ2) is 8.02. The summed E-state index contributed by atoms with van der Waals surface area (Å²) in [5.74, 6) is 0.304. The van der Waals surface area contributed by atoms with Gasteiger partial charge in [0.15, 0.2) is 5.13 Å². The van der Waals surface area contributed by atoms with Crippen molar-refractivity contribution >= 4 is 37.4 Å². The number of thiazole rings is 1. The van der Waals surface area contributed by atoms with E-state index in [2.05, 4.69) is 19.7 Å². The van der Waals surface area contributed by atoms with Crippen LogP contribution < -0.4 is 9.46 Å². The molecule has 2 aromatic carbocycles. The number of hydrogen-bond acceptors (Lipinski definition) is 7. The standard InChI is InChI=1S/C20H15F3N4O3S2/c1-11-25-16-10-13(32(28,29)27-19-24-7-8-31-19)4-6-14(16)18(26-11)15-5-3-12(20(21,22)23)9-17(15)30-2/h3-10H,1-2H3,(H,24,27).